The molecule has 5 nitrogen and oxygen atoms in total. The Kier molecular flexibility index (Phi) is 3.85. The van der Waals surface area contributed by atoms with Gasteiger partial charge in [0.25, 0.3) is 0 Å². The van der Waals surface area contributed by atoms with E-state index in [0.717, 1.165) is 16.8 Å². The average molecular weight is 262 g/mol. The molecule has 1 aromatic rings. The summed E-state index contributed by atoms with van der Waals surface area (Å²) in [5.41, 5.74) is 2.53. The third kappa shape index (κ3) is 2.61. The Morgan fingerprint density at radius 2 is 2.16 bits per heavy atom. The molecular formula is C14H18N2O3. The van der Waals surface area contributed by atoms with E-state index in [1.807, 2.05) is 32.0 Å². The SMILES string of the molecule is CCC1C(=O)NC(=O)CN1c1ccc(C)cc1CO. The topological polar surface area (TPSA) is 69.6 Å². The van der Waals surface area contributed by atoms with Crippen LogP contribution in [-0.2, 0) is 16.2 Å². The van der Waals surface area contributed by atoms with Gasteiger partial charge in [-0.2, -0.15) is 0 Å². The third-order valence-electron chi connectivity index (χ3n) is 3.36. The van der Waals surface area contributed by atoms with Gasteiger partial charge in [-0.05, 0) is 19.4 Å². The highest BCUT2D eigenvalue weighted by atomic mass is 16.3. The average Bonchev–Trinajstić information content (AvgIpc) is 2.37. The minimum absolute atomic E-state index is 0.111. The number of benzene rings is 1. The number of aliphatic hydroxyl groups excluding tert-OH is 1. The predicted molar refractivity (Wildman–Crippen MR) is 71.7 cm³/mol. The van der Waals surface area contributed by atoms with Crippen LogP contribution < -0.4 is 10.2 Å². The van der Waals surface area contributed by atoms with Crippen molar-refractivity contribution in [3.8, 4) is 0 Å². The van der Waals surface area contributed by atoms with Gasteiger partial charge in [-0.3, -0.25) is 14.9 Å². The summed E-state index contributed by atoms with van der Waals surface area (Å²) in [5, 5.41) is 11.8. The Hall–Kier alpha value is -1.88. The number of hydrogen-bond donors (Lipinski definition) is 2. The zero-order valence-corrected chi connectivity index (χ0v) is 11.1. The Balaban J connectivity index is 2.42. The molecular weight excluding hydrogens is 244 g/mol. The second kappa shape index (κ2) is 5.40. The van der Waals surface area contributed by atoms with Crippen molar-refractivity contribution in [1.29, 1.82) is 0 Å². The largest absolute Gasteiger partial charge is 0.392 e. The molecule has 0 aromatic heterocycles. The fraction of sp³-hybridized carbons (Fsp3) is 0.429. The van der Waals surface area contributed by atoms with Crippen LogP contribution in [-0.4, -0.2) is 29.5 Å². The van der Waals surface area contributed by atoms with E-state index in [0.29, 0.717) is 6.42 Å². The van der Waals surface area contributed by atoms with Crippen molar-refractivity contribution in [3.63, 3.8) is 0 Å². The maximum absolute atomic E-state index is 11.8. The highest BCUT2D eigenvalue weighted by Gasteiger charge is 2.33. The smallest absolute Gasteiger partial charge is 0.249 e. The van der Waals surface area contributed by atoms with Crippen LogP contribution in [0.1, 0.15) is 24.5 Å². The van der Waals surface area contributed by atoms with Crippen molar-refractivity contribution >= 4 is 17.5 Å². The molecule has 102 valence electrons. The number of nitrogens with zero attached hydrogens (tertiary/aromatic N) is 1. The molecule has 0 bridgehead atoms. The number of nitrogens with one attached hydrogen (secondary N) is 1. The second-order valence-corrected chi connectivity index (χ2v) is 4.75. The third-order valence-corrected chi connectivity index (χ3v) is 3.36. The molecule has 0 aliphatic carbocycles. The number of carbonyl (C=O) groups is 2. The fourth-order valence-electron chi connectivity index (χ4n) is 2.45. The first-order valence-corrected chi connectivity index (χ1v) is 6.37. The van der Waals surface area contributed by atoms with Crippen molar-refractivity contribution in [1.82, 2.24) is 5.32 Å². The lowest BCUT2D eigenvalue weighted by Crippen LogP contribution is -2.58. The van der Waals surface area contributed by atoms with Gasteiger partial charge in [0.15, 0.2) is 0 Å². The number of carbonyl (C=O) groups excluding carboxylic acids is 2. The Labute approximate surface area is 112 Å². The lowest BCUT2D eigenvalue weighted by molar-refractivity contribution is -0.132. The van der Waals surface area contributed by atoms with Gasteiger partial charge in [0.05, 0.1) is 13.2 Å². The highest BCUT2D eigenvalue weighted by molar-refractivity contribution is 6.04. The number of imide groups is 1. The highest BCUT2D eigenvalue weighted by Crippen LogP contribution is 2.26. The summed E-state index contributed by atoms with van der Waals surface area (Å²) in [6.07, 6.45) is 0.609. The molecule has 2 rings (SSSR count). The van der Waals surface area contributed by atoms with Gasteiger partial charge in [-0.15, -0.1) is 0 Å². The zero-order chi connectivity index (χ0) is 14.0. The minimum Gasteiger partial charge on any atom is -0.392 e. The number of anilines is 1. The molecule has 2 N–H and O–H groups in total. The molecule has 1 aromatic carbocycles. The van der Waals surface area contributed by atoms with E-state index in [1.165, 1.54) is 0 Å². The van der Waals surface area contributed by atoms with Crippen LogP contribution in [0.15, 0.2) is 18.2 Å². The van der Waals surface area contributed by atoms with Crippen molar-refractivity contribution in [2.24, 2.45) is 0 Å². The van der Waals surface area contributed by atoms with Crippen molar-refractivity contribution in [2.75, 3.05) is 11.4 Å². The van der Waals surface area contributed by atoms with E-state index in [2.05, 4.69) is 5.32 Å². The molecule has 1 atom stereocenters. The molecule has 1 aliphatic heterocycles. The van der Waals surface area contributed by atoms with Crippen LogP contribution in [0, 0.1) is 6.92 Å². The van der Waals surface area contributed by atoms with Crippen LogP contribution in [0.4, 0.5) is 5.69 Å². The van der Waals surface area contributed by atoms with E-state index in [9.17, 15) is 14.7 Å². The Bertz CT molecular complexity index is 513. The van der Waals surface area contributed by atoms with Crippen molar-refractivity contribution < 1.29 is 14.7 Å². The summed E-state index contributed by atoms with van der Waals surface area (Å²) < 4.78 is 0. The first-order chi connectivity index (χ1) is 9.06. The van der Waals surface area contributed by atoms with Crippen LogP contribution in [0.2, 0.25) is 0 Å². The molecule has 0 spiro atoms. The van der Waals surface area contributed by atoms with Crippen LogP contribution >= 0.6 is 0 Å². The summed E-state index contributed by atoms with van der Waals surface area (Å²) in [7, 11) is 0. The van der Waals surface area contributed by atoms with Gasteiger partial charge in [0, 0.05) is 11.3 Å². The number of amides is 2. The molecule has 1 fully saturated rings. The van der Waals surface area contributed by atoms with E-state index >= 15 is 0 Å². The van der Waals surface area contributed by atoms with E-state index in [4.69, 9.17) is 0 Å². The molecule has 0 saturated carbocycles. The minimum atomic E-state index is -0.370. The maximum atomic E-state index is 11.8. The van der Waals surface area contributed by atoms with Gasteiger partial charge in [-0.1, -0.05) is 24.6 Å². The van der Waals surface area contributed by atoms with Crippen molar-refractivity contribution in [2.45, 2.75) is 32.9 Å². The number of rotatable bonds is 3. The summed E-state index contributed by atoms with van der Waals surface area (Å²) in [4.78, 5) is 25.2. The number of aliphatic hydroxyl groups is 1. The maximum Gasteiger partial charge on any atom is 0.249 e. The summed E-state index contributed by atoms with van der Waals surface area (Å²) in [6, 6.07) is 5.28. The van der Waals surface area contributed by atoms with Gasteiger partial charge in [0.1, 0.15) is 6.04 Å². The molecule has 1 saturated heterocycles. The molecule has 2 amide bonds. The molecule has 1 unspecified atom stereocenters. The standard InChI is InChI=1S/C14H18N2O3/c1-3-11-14(19)15-13(18)7-16(11)12-5-4-9(2)6-10(12)8-17/h4-6,11,17H,3,7-8H2,1-2H3,(H,15,18,19). The molecule has 1 aliphatic rings. The second-order valence-electron chi connectivity index (χ2n) is 4.75. The quantitative estimate of drug-likeness (QED) is 0.788. The van der Waals surface area contributed by atoms with Crippen LogP contribution in [0.3, 0.4) is 0 Å². The number of hydrogen-bond acceptors (Lipinski definition) is 4. The van der Waals surface area contributed by atoms with Crippen LogP contribution in [0.5, 0.6) is 0 Å². The normalized spacial score (nSPS) is 19.5. The summed E-state index contributed by atoms with van der Waals surface area (Å²) in [6.45, 7) is 3.87. The van der Waals surface area contributed by atoms with E-state index < -0.39 is 0 Å². The van der Waals surface area contributed by atoms with Crippen LogP contribution in [0.25, 0.3) is 0 Å². The van der Waals surface area contributed by atoms with Gasteiger partial charge < -0.3 is 10.0 Å². The van der Waals surface area contributed by atoms with Gasteiger partial charge >= 0.3 is 0 Å². The molecule has 0 radical (unpaired) electrons. The zero-order valence-electron chi connectivity index (χ0n) is 11.1. The predicted octanol–water partition coefficient (Wildman–Crippen LogP) is 0.729. The number of piperazine rings is 1. The summed E-state index contributed by atoms with van der Waals surface area (Å²) >= 11 is 0. The first kappa shape index (κ1) is 13.5. The van der Waals surface area contributed by atoms with E-state index in [-0.39, 0.29) is 31.0 Å². The van der Waals surface area contributed by atoms with Gasteiger partial charge in [0.2, 0.25) is 11.8 Å². The lowest BCUT2D eigenvalue weighted by atomic mass is 10.0. The molecule has 5 heteroatoms. The lowest BCUT2D eigenvalue weighted by Gasteiger charge is -2.36. The Morgan fingerprint density at radius 1 is 1.42 bits per heavy atom. The number of aryl methyl sites for hydroxylation is 1. The molecule has 19 heavy (non-hydrogen) atoms. The first-order valence-electron chi connectivity index (χ1n) is 6.37. The van der Waals surface area contributed by atoms with Gasteiger partial charge in [-0.25, -0.2) is 0 Å². The Morgan fingerprint density at radius 3 is 2.79 bits per heavy atom. The van der Waals surface area contributed by atoms with E-state index in [1.54, 1.807) is 4.90 Å². The molecule has 1 heterocycles. The van der Waals surface area contributed by atoms with Crippen molar-refractivity contribution in [3.05, 3.63) is 29.3 Å². The fourth-order valence-corrected chi connectivity index (χ4v) is 2.45. The summed E-state index contributed by atoms with van der Waals surface area (Å²) in [5.74, 6) is -0.581. The monoisotopic (exact) mass is 262 g/mol.